The number of carbonyl (C=O) groups excluding carboxylic acids is 1. The maximum Gasteiger partial charge on any atom is 0.328 e. The number of aliphatic hydroxyl groups is 1. The second kappa shape index (κ2) is 6.01. The second-order valence-electron chi connectivity index (χ2n) is 4.06. The molecule has 1 aliphatic rings. The number of aliphatic carboxylic acids is 1. The van der Waals surface area contributed by atoms with Crippen LogP contribution in [0.4, 0.5) is 4.79 Å². The van der Waals surface area contributed by atoms with Crippen LogP contribution in [-0.4, -0.2) is 60.8 Å². The molecule has 0 saturated carbocycles. The summed E-state index contributed by atoms with van der Waals surface area (Å²) in [4.78, 5) is 21.8. The van der Waals surface area contributed by atoms with Crippen LogP contribution in [-0.2, 0) is 14.6 Å². The van der Waals surface area contributed by atoms with Gasteiger partial charge in [0, 0.05) is 6.54 Å². The van der Waals surface area contributed by atoms with E-state index in [0.29, 0.717) is 12.8 Å². The number of carbonyl (C=O) groups is 2. The lowest BCUT2D eigenvalue weighted by Gasteiger charge is -2.14. The van der Waals surface area contributed by atoms with Crippen molar-refractivity contribution in [3.05, 3.63) is 0 Å². The molecule has 1 rings (SSSR count). The molecule has 0 aromatic carbocycles. The van der Waals surface area contributed by atoms with Gasteiger partial charge in [-0.05, 0) is 12.8 Å². The number of carboxylic acid groups (broad SMARTS) is 1. The van der Waals surface area contributed by atoms with Crippen molar-refractivity contribution in [3.8, 4) is 0 Å². The third kappa shape index (κ3) is 3.84. The fourth-order valence-corrected chi connectivity index (χ4v) is 3.45. The first kappa shape index (κ1) is 14.7. The van der Waals surface area contributed by atoms with E-state index in [4.69, 9.17) is 10.2 Å². The van der Waals surface area contributed by atoms with Gasteiger partial charge in [-0.2, -0.15) is 0 Å². The minimum Gasteiger partial charge on any atom is -0.480 e. The molecule has 8 nitrogen and oxygen atoms in total. The molecule has 0 spiro atoms. The molecule has 0 radical (unpaired) electrons. The number of amides is 2. The first-order valence-corrected chi connectivity index (χ1v) is 7.18. The lowest BCUT2D eigenvalue weighted by molar-refractivity contribution is -0.140. The molecule has 1 saturated heterocycles. The van der Waals surface area contributed by atoms with Gasteiger partial charge in [-0.25, -0.2) is 18.0 Å². The Bertz CT molecular complexity index is 421. The van der Waals surface area contributed by atoms with E-state index in [1.165, 1.54) is 0 Å². The van der Waals surface area contributed by atoms with E-state index in [0.717, 1.165) is 0 Å². The Labute approximate surface area is 104 Å². The molecular formula is C9H16N2O6S. The van der Waals surface area contributed by atoms with Gasteiger partial charge in [0.1, 0.15) is 0 Å². The highest BCUT2D eigenvalue weighted by Gasteiger charge is 2.31. The van der Waals surface area contributed by atoms with Gasteiger partial charge in [0.25, 0.3) is 0 Å². The number of hydrogen-bond acceptors (Lipinski definition) is 5. The maximum atomic E-state index is 11.5. The number of urea groups is 1. The van der Waals surface area contributed by atoms with Crippen LogP contribution in [0.1, 0.15) is 12.8 Å². The smallest absolute Gasteiger partial charge is 0.328 e. The molecular weight excluding hydrogens is 264 g/mol. The average Bonchev–Trinajstić information content (AvgIpc) is 2.62. The predicted octanol–water partition coefficient (Wildman–Crippen LogP) is -1.69. The first-order chi connectivity index (χ1) is 8.36. The molecule has 0 aromatic rings. The van der Waals surface area contributed by atoms with Crippen LogP contribution < -0.4 is 10.6 Å². The molecule has 1 fully saturated rings. The lowest BCUT2D eigenvalue weighted by Crippen LogP contribution is -2.49. The molecule has 1 aliphatic heterocycles. The number of aliphatic hydroxyl groups excluding tert-OH is 1. The van der Waals surface area contributed by atoms with Crippen LogP contribution in [0, 0.1) is 0 Å². The molecule has 2 amide bonds. The Morgan fingerprint density at radius 3 is 2.50 bits per heavy atom. The van der Waals surface area contributed by atoms with Gasteiger partial charge >= 0.3 is 12.0 Å². The lowest BCUT2D eigenvalue weighted by atomic mass is 10.2. The standard InChI is InChI=1S/C9H16N2O6S/c12-5-7(8(13)14)11-9(15)10-4-6-2-1-3-18(6,16)17/h6-7,12H,1-5H2,(H,13,14)(H2,10,11,15)/t6?,7-/m1/s1. The zero-order valence-corrected chi connectivity index (χ0v) is 10.4. The molecule has 104 valence electrons. The van der Waals surface area contributed by atoms with E-state index in [-0.39, 0.29) is 12.3 Å². The van der Waals surface area contributed by atoms with Crippen LogP contribution in [0.15, 0.2) is 0 Å². The van der Waals surface area contributed by atoms with Gasteiger partial charge in [-0.3, -0.25) is 0 Å². The Morgan fingerprint density at radius 2 is 2.06 bits per heavy atom. The maximum absolute atomic E-state index is 11.5. The normalized spacial score (nSPS) is 23.3. The van der Waals surface area contributed by atoms with Gasteiger partial charge in [0.15, 0.2) is 15.9 Å². The van der Waals surface area contributed by atoms with Gasteiger partial charge < -0.3 is 20.8 Å². The Kier molecular flexibility index (Phi) is 4.91. The minimum atomic E-state index is -3.14. The van der Waals surface area contributed by atoms with Crippen LogP contribution in [0.3, 0.4) is 0 Å². The van der Waals surface area contributed by atoms with E-state index in [2.05, 4.69) is 5.32 Å². The number of sulfone groups is 1. The van der Waals surface area contributed by atoms with Gasteiger partial charge in [-0.15, -0.1) is 0 Å². The summed E-state index contributed by atoms with van der Waals surface area (Å²) in [6.07, 6.45) is 1.07. The minimum absolute atomic E-state index is 0.0497. The highest BCUT2D eigenvalue weighted by molar-refractivity contribution is 7.92. The zero-order chi connectivity index (χ0) is 13.8. The quantitative estimate of drug-likeness (QED) is 0.475. The summed E-state index contributed by atoms with van der Waals surface area (Å²) in [6.45, 7) is -0.781. The number of hydrogen-bond donors (Lipinski definition) is 4. The number of carboxylic acids is 1. The van der Waals surface area contributed by atoms with Gasteiger partial charge in [-0.1, -0.05) is 0 Å². The van der Waals surface area contributed by atoms with Crippen LogP contribution in [0.5, 0.6) is 0 Å². The molecule has 18 heavy (non-hydrogen) atoms. The largest absolute Gasteiger partial charge is 0.480 e. The Morgan fingerprint density at radius 1 is 1.39 bits per heavy atom. The zero-order valence-electron chi connectivity index (χ0n) is 9.63. The summed E-state index contributed by atoms with van der Waals surface area (Å²) in [6, 6.07) is -2.20. The molecule has 0 aromatic heterocycles. The fraction of sp³-hybridized carbons (Fsp3) is 0.778. The monoisotopic (exact) mass is 280 g/mol. The van der Waals surface area contributed by atoms with E-state index >= 15 is 0 Å². The van der Waals surface area contributed by atoms with E-state index in [9.17, 15) is 18.0 Å². The first-order valence-electron chi connectivity index (χ1n) is 5.46. The number of nitrogens with one attached hydrogen (secondary N) is 2. The summed E-state index contributed by atoms with van der Waals surface area (Å²) >= 11 is 0. The van der Waals surface area contributed by atoms with E-state index in [1.807, 2.05) is 5.32 Å². The van der Waals surface area contributed by atoms with Crippen molar-refractivity contribution < 1.29 is 28.2 Å². The third-order valence-electron chi connectivity index (χ3n) is 2.74. The Hall–Kier alpha value is -1.35. The molecule has 2 atom stereocenters. The predicted molar refractivity (Wildman–Crippen MR) is 61.9 cm³/mol. The topological polar surface area (TPSA) is 133 Å². The molecule has 1 unspecified atom stereocenters. The van der Waals surface area contributed by atoms with Crippen molar-refractivity contribution in [1.29, 1.82) is 0 Å². The molecule has 4 N–H and O–H groups in total. The van der Waals surface area contributed by atoms with Crippen LogP contribution >= 0.6 is 0 Å². The summed E-state index contributed by atoms with van der Waals surface area (Å²) in [5.74, 6) is -1.24. The van der Waals surface area contributed by atoms with Crippen molar-refractivity contribution in [3.63, 3.8) is 0 Å². The third-order valence-corrected chi connectivity index (χ3v) is 5.01. The summed E-state index contributed by atoms with van der Waals surface area (Å²) in [5, 5.41) is 21.0. The van der Waals surface area contributed by atoms with Crippen molar-refractivity contribution in [2.24, 2.45) is 0 Å². The molecule has 9 heteroatoms. The van der Waals surface area contributed by atoms with Crippen molar-refractivity contribution in [2.45, 2.75) is 24.1 Å². The van der Waals surface area contributed by atoms with Crippen LogP contribution in [0.25, 0.3) is 0 Å². The molecule has 0 aliphatic carbocycles. The van der Waals surface area contributed by atoms with Crippen molar-refractivity contribution in [2.75, 3.05) is 18.9 Å². The van der Waals surface area contributed by atoms with Crippen LogP contribution in [0.2, 0.25) is 0 Å². The second-order valence-corrected chi connectivity index (χ2v) is 6.46. The number of rotatable bonds is 5. The summed E-state index contributed by atoms with van der Waals surface area (Å²) in [7, 11) is -3.14. The van der Waals surface area contributed by atoms with E-state index in [1.54, 1.807) is 0 Å². The highest BCUT2D eigenvalue weighted by atomic mass is 32.2. The highest BCUT2D eigenvalue weighted by Crippen LogP contribution is 2.18. The Balaban J connectivity index is 2.40. The summed E-state index contributed by atoms with van der Waals surface area (Å²) < 4.78 is 22.9. The summed E-state index contributed by atoms with van der Waals surface area (Å²) in [5.41, 5.74) is 0. The average molecular weight is 280 g/mol. The SMILES string of the molecule is O=C(NCC1CCCS1(=O)=O)N[C@H](CO)C(=O)O. The van der Waals surface area contributed by atoms with Crippen molar-refractivity contribution >= 4 is 21.8 Å². The van der Waals surface area contributed by atoms with Gasteiger partial charge in [0.05, 0.1) is 17.6 Å². The van der Waals surface area contributed by atoms with Crippen molar-refractivity contribution in [1.82, 2.24) is 10.6 Å². The fourth-order valence-electron chi connectivity index (χ4n) is 1.69. The van der Waals surface area contributed by atoms with Gasteiger partial charge in [0.2, 0.25) is 0 Å². The van der Waals surface area contributed by atoms with E-state index < -0.39 is 39.7 Å². The molecule has 1 heterocycles. The molecule has 0 bridgehead atoms.